The van der Waals surface area contributed by atoms with E-state index in [1.807, 2.05) is 25.2 Å². The second kappa shape index (κ2) is 3.95. The van der Waals surface area contributed by atoms with Gasteiger partial charge in [-0.15, -0.1) is 0 Å². The Labute approximate surface area is 93.0 Å². The number of rotatable bonds is 2. The Balaban J connectivity index is 2.74. The van der Waals surface area contributed by atoms with E-state index in [9.17, 15) is 0 Å². The quantitative estimate of drug-likeness (QED) is 0.849. The van der Waals surface area contributed by atoms with Gasteiger partial charge in [0.05, 0.1) is 17.6 Å². The zero-order valence-corrected chi connectivity index (χ0v) is 9.30. The number of hydrogen-bond donors (Lipinski definition) is 1. The molecule has 0 aliphatic rings. The molecule has 0 unspecified atom stereocenters. The number of aromatic nitrogens is 1. The molecule has 15 heavy (non-hydrogen) atoms. The van der Waals surface area contributed by atoms with E-state index in [4.69, 9.17) is 16.3 Å². The summed E-state index contributed by atoms with van der Waals surface area (Å²) in [5.41, 5.74) is 1.87. The normalized spacial score (nSPS) is 10.3. The molecule has 0 radical (unpaired) electrons. The van der Waals surface area contributed by atoms with Gasteiger partial charge in [-0.3, -0.25) is 4.98 Å². The van der Waals surface area contributed by atoms with Crippen LogP contribution in [-0.4, -0.2) is 19.1 Å². The van der Waals surface area contributed by atoms with Gasteiger partial charge in [0.1, 0.15) is 5.75 Å². The standard InChI is InChI=1S/C11H11ClN2O/c1-13-9-3-4-14-10-6-11(15-2)8(12)5-7(9)10/h3-6H,1-2H3,(H,13,14). The molecule has 2 aromatic rings. The molecule has 0 saturated carbocycles. The van der Waals surface area contributed by atoms with E-state index < -0.39 is 0 Å². The third-order valence-electron chi connectivity index (χ3n) is 2.28. The molecule has 0 aliphatic heterocycles. The Kier molecular flexibility index (Phi) is 2.64. The van der Waals surface area contributed by atoms with Crippen LogP contribution in [0.25, 0.3) is 10.9 Å². The number of halogens is 1. The lowest BCUT2D eigenvalue weighted by atomic mass is 10.2. The van der Waals surface area contributed by atoms with E-state index in [0.717, 1.165) is 16.6 Å². The molecule has 1 aromatic carbocycles. The fraction of sp³-hybridized carbons (Fsp3) is 0.182. The molecular weight excluding hydrogens is 212 g/mol. The minimum Gasteiger partial charge on any atom is -0.495 e. The molecule has 4 heteroatoms. The van der Waals surface area contributed by atoms with Crippen LogP contribution in [0.3, 0.4) is 0 Å². The highest BCUT2D eigenvalue weighted by Crippen LogP contribution is 2.31. The molecular formula is C11H11ClN2O. The number of hydrogen-bond acceptors (Lipinski definition) is 3. The Hall–Kier alpha value is -1.48. The van der Waals surface area contributed by atoms with Crippen molar-refractivity contribution in [2.75, 3.05) is 19.5 Å². The summed E-state index contributed by atoms with van der Waals surface area (Å²) in [6.45, 7) is 0. The highest BCUT2D eigenvalue weighted by molar-refractivity contribution is 6.33. The minimum absolute atomic E-state index is 0.592. The van der Waals surface area contributed by atoms with Crippen molar-refractivity contribution in [1.29, 1.82) is 0 Å². The maximum atomic E-state index is 6.05. The molecule has 0 amide bonds. The summed E-state index contributed by atoms with van der Waals surface area (Å²) >= 11 is 6.05. The molecule has 2 rings (SSSR count). The first-order valence-corrected chi connectivity index (χ1v) is 4.94. The fourth-order valence-corrected chi connectivity index (χ4v) is 1.76. The fourth-order valence-electron chi connectivity index (χ4n) is 1.52. The number of fused-ring (bicyclic) bond motifs is 1. The van der Waals surface area contributed by atoms with E-state index in [1.165, 1.54) is 0 Å². The minimum atomic E-state index is 0.592. The van der Waals surface area contributed by atoms with Crippen molar-refractivity contribution >= 4 is 28.2 Å². The monoisotopic (exact) mass is 222 g/mol. The van der Waals surface area contributed by atoms with Gasteiger partial charge in [0, 0.05) is 30.4 Å². The van der Waals surface area contributed by atoms with Crippen LogP contribution in [0.1, 0.15) is 0 Å². The van der Waals surface area contributed by atoms with E-state index in [1.54, 1.807) is 13.3 Å². The van der Waals surface area contributed by atoms with Gasteiger partial charge >= 0.3 is 0 Å². The van der Waals surface area contributed by atoms with E-state index in [0.29, 0.717) is 10.8 Å². The molecule has 0 aliphatic carbocycles. The summed E-state index contributed by atoms with van der Waals surface area (Å²) in [6, 6.07) is 5.60. The molecule has 1 aromatic heterocycles. The predicted molar refractivity (Wildman–Crippen MR) is 62.9 cm³/mol. The van der Waals surface area contributed by atoms with Crippen LogP contribution in [0.5, 0.6) is 5.75 Å². The van der Waals surface area contributed by atoms with Crippen LogP contribution in [0.2, 0.25) is 5.02 Å². The zero-order valence-electron chi connectivity index (χ0n) is 8.54. The van der Waals surface area contributed by atoms with Crippen LogP contribution in [0.15, 0.2) is 24.4 Å². The molecule has 3 nitrogen and oxygen atoms in total. The molecule has 0 saturated heterocycles. The molecule has 0 bridgehead atoms. The predicted octanol–water partition coefficient (Wildman–Crippen LogP) is 2.94. The van der Waals surface area contributed by atoms with Crippen molar-refractivity contribution in [2.24, 2.45) is 0 Å². The van der Waals surface area contributed by atoms with Gasteiger partial charge in [-0.2, -0.15) is 0 Å². The Bertz CT molecular complexity index is 499. The number of pyridine rings is 1. The average Bonchev–Trinajstić information content (AvgIpc) is 2.27. The van der Waals surface area contributed by atoms with Crippen molar-refractivity contribution in [3.05, 3.63) is 29.4 Å². The van der Waals surface area contributed by atoms with Crippen LogP contribution in [-0.2, 0) is 0 Å². The van der Waals surface area contributed by atoms with Crippen LogP contribution >= 0.6 is 11.6 Å². The smallest absolute Gasteiger partial charge is 0.139 e. The zero-order chi connectivity index (χ0) is 10.8. The first-order valence-electron chi connectivity index (χ1n) is 4.56. The topological polar surface area (TPSA) is 34.2 Å². The van der Waals surface area contributed by atoms with Crippen molar-refractivity contribution in [3.63, 3.8) is 0 Å². The molecule has 0 fully saturated rings. The van der Waals surface area contributed by atoms with Crippen molar-refractivity contribution < 1.29 is 4.74 Å². The number of nitrogens with zero attached hydrogens (tertiary/aromatic N) is 1. The maximum Gasteiger partial charge on any atom is 0.139 e. The van der Waals surface area contributed by atoms with Gasteiger partial charge < -0.3 is 10.1 Å². The van der Waals surface area contributed by atoms with Crippen LogP contribution < -0.4 is 10.1 Å². The summed E-state index contributed by atoms with van der Waals surface area (Å²) in [5.74, 6) is 0.643. The number of benzene rings is 1. The third-order valence-corrected chi connectivity index (χ3v) is 2.58. The summed E-state index contributed by atoms with van der Waals surface area (Å²) in [4.78, 5) is 4.26. The van der Waals surface area contributed by atoms with Gasteiger partial charge in [0.15, 0.2) is 0 Å². The summed E-state index contributed by atoms with van der Waals surface area (Å²) in [7, 11) is 3.46. The third kappa shape index (κ3) is 1.70. The maximum absolute atomic E-state index is 6.05. The van der Waals surface area contributed by atoms with Gasteiger partial charge in [-0.25, -0.2) is 0 Å². The highest BCUT2D eigenvalue weighted by atomic mass is 35.5. The largest absolute Gasteiger partial charge is 0.495 e. The number of methoxy groups -OCH3 is 1. The SMILES string of the molecule is CNc1ccnc2cc(OC)c(Cl)cc12. The first kappa shape index (κ1) is 10.1. The van der Waals surface area contributed by atoms with Gasteiger partial charge in [0.2, 0.25) is 0 Å². The first-order chi connectivity index (χ1) is 7.26. The molecule has 1 N–H and O–H groups in total. The number of nitrogens with one attached hydrogen (secondary N) is 1. The molecule has 1 heterocycles. The van der Waals surface area contributed by atoms with Crippen molar-refractivity contribution in [1.82, 2.24) is 4.98 Å². The number of anilines is 1. The Morgan fingerprint density at radius 2 is 2.20 bits per heavy atom. The molecule has 0 spiro atoms. The molecule has 78 valence electrons. The van der Waals surface area contributed by atoms with Gasteiger partial charge in [-0.05, 0) is 12.1 Å². The van der Waals surface area contributed by atoms with E-state index in [2.05, 4.69) is 10.3 Å². The number of ether oxygens (including phenoxy) is 1. The average molecular weight is 223 g/mol. The van der Waals surface area contributed by atoms with Gasteiger partial charge in [-0.1, -0.05) is 11.6 Å². The second-order valence-corrected chi connectivity index (χ2v) is 3.52. The lowest BCUT2D eigenvalue weighted by Crippen LogP contribution is -1.92. The van der Waals surface area contributed by atoms with Crippen molar-refractivity contribution in [3.8, 4) is 5.75 Å². The van der Waals surface area contributed by atoms with E-state index >= 15 is 0 Å². The summed E-state index contributed by atoms with van der Waals surface area (Å²) in [6.07, 6.45) is 1.75. The lowest BCUT2D eigenvalue weighted by molar-refractivity contribution is 0.415. The van der Waals surface area contributed by atoms with Gasteiger partial charge in [0.25, 0.3) is 0 Å². The lowest BCUT2D eigenvalue weighted by Gasteiger charge is -2.08. The molecule has 0 atom stereocenters. The van der Waals surface area contributed by atoms with Crippen LogP contribution in [0, 0.1) is 0 Å². The highest BCUT2D eigenvalue weighted by Gasteiger charge is 2.06. The summed E-state index contributed by atoms with van der Waals surface area (Å²) < 4.78 is 5.13. The Morgan fingerprint density at radius 3 is 2.87 bits per heavy atom. The Morgan fingerprint density at radius 1 is 1.40 bits per heavy atom. The summed E-state index contributed by atoms with van der Waals surface area (Å²) in [5, 5.41) is 4.68. The second-order valence-electron chi connectivity index (χ2n) is 3.11. The van der Waals surface area contributed by atoms with Crippen molar-refractivity contribution in [2.45, 2.75) is 0 Å². The van der Waals surface area contributed by atoms with E-state index in [-0.39, 0.29) is 0 Å². The van der Waals surface area contributed by atoms with Crippen LogP contribution in [0.4, 0.5) is 5.69 Å².